The third-order valence-corrected chi connectivity index (χ3v) is 5.24. The number of carbonyl (C=O) groups excluding carboxylic acids is 1. The van der Waals surface area contributed by atoms with E-state index < -0.39 is 5.82 Å². The molecule has 2 N–H and O–H groups in total. The fourth-order valence-electron chi connectivity index (χ4n) is 3.29. The first kappa shape index (κ1) is 19.5. The van der Waals surface area contributed by atoms with Crippen molar-refractivity contribution in [3.8, 4) is 5.69 Å². The molecule has 11 heteroatoms. The lowest BCUT2D eigenvalue weighted by Gasteiger charge is -2.29. The number of carbonyl (C=O) groups is 1. The van der Waals surface area contributed by atoms with Crippen LogP contribution in [0.5, 0.6) is 0 Å². The molecule has 9 nitrogen and oxygen atoms in total. The molecule has 2 aliphatic rings. The standard InChI is InChI=1S/C18H22FN7O2S/c19-15-9-14(1-2-16(15)25-4-3-20-17(27)12-25)26-11-13(22-23-26)10-21-18(29)24-5-7-28-8-6-24/h1-2,9,11H,3-8,10,12H2,(H,20,27)(H,21,29). The lowest BCUT2D eigenvalue weighted by Crippen LogP contribution is -2.48. The highest BCUT2D eigenvalue weighted by molar-refractivity contribution is 7.80. The molecule has 1 aromatic heterocycles. The molecular formula is C18H22FN7O2S. The van der Waals surface area contributed by atoms with E-state index in [0.717, 1.165) is 13.1 Å². The minimum atomic E-state index is -0.402. The molecule has 154 valence electrons. The van der Waals surface area contributed by atoms with Crippen LogP contribution in [-0.4, -0.2) is 76.9 Å². The molecule has 2 aromatic rings. The van der Waals surface area contributed by atoms with E-state index in [-0.39, 0.29) is 12.5 Å². The fraction of sp³-hybridized carbons (Fsp3) is 0.444. The van der Waals surface area contributed by atoms with Gasteiger partial charge >= 0.3 is 0 Å². The van der Waals surface area contributed by atoms with Gasteiger partial charge in [0.1, 0.15) is 11.5 Å². The van der Waals surface area contributed by atoms with E-state index >= 15 is 0 Å². The number of amides is 1. The Morgan fingerprint density at radius 2 is 2.14 bits per heavy atom. The number of aromatic nitrogens is 3. The second-order valence-corrected chi connectivity index (χ2v) is 7.21. The number of ether oxygens (including phenoxy) is 1. The molecule has 2 aliphatic heterocycles. The highest BCUT2D eigenvalue weighted by Crippen LogP contribution is 2.22. The van der Waals surface area contributed by atoms with Gasteiger partial charge in [-0.1, -0.05) is 5.21 Å². The number of rotatable bonds is 4. The van der Waals surface area contributed by atoms with Crippen LogP contribution in [0.4, 0.5) is 10.1 Å². The van der Waals surface area contributed by atoms with E-state index in [1.807, 2.05) is 0 Å². The molecule has 0 atom stereocenters. The number of hydrogen-bond acceptors (Lipinski definition) is 6. The predicted molar refractivity (Wildman–Crippen MR) is 108 cm³/mol. The Labute approximate surface area is 172 Å². The highest BCUT2D eigenvalue weighted by atomic mass is 32.1. The Kier molecular flexibility index (Phi) is 5.86. The molecule has 0 saturated carbocycles. The highest BCUT2D eigenvalue weighted by Gasteiger charge is 2.20. The molecule has 3 heterocycles. The van der Waals surface area contributed by atoms with E-state index in [0.29, 0.717) is 55.0 Å². The summed E-state index contributed by atoms with van der Waals surface area (Å²) >= 11 is 5.40. The molecule has 1 aromatic carbocycles. The first-order valence-corrected chi connectivity index (χ1v) is 9.84. The number of piperazine rings is 1. The monoisotopic (exact) mass is 419 g/mol. The quantitative estimate of drug-likeness (QED) is 0.673. The van der Waals surface area contributed by atoms with Crippen LogP contribution in [0.25, 0.3) is 5.69 Å². The molecule has 0 aliphatic carbocycles. The van der Waals surface area contributed by atoms with Gasteiger partial charge in [0.05, 0.1) is 43.9 Å². The second kappa shape index (κ2) is 8.70. The number of benzene rings is 1. The number of halogens is 1. The molecule has 0 spiro atoms. The summed E-state index contributed by atoms with van der Waals surface area (Å²) in [5.41, 5.74) is 1.65. The average molecular weight is 419 g/mol. The Hall–Kier alpha value is -2.79. The Morgan fingerprint density at radius 1 is 1.31 bits per heavy atom. The van der Waals surface area contributed by atoms with E-state index in [1.54, 1.807) is 23.2 Å². The van der Waals surface area contributed by atoms with E-state index in [9.17, 15) is 9.18 Å². The van der Waals surface area contributed by atoms with Gasteiger partial charge in [0.15, 0.2) is 5.11 Å². The molecule has 2 saturated heterocycles. The van der Waals surface area contributed by atoms with Crippen LogP contribution < -0.4 is 15.5 Å². The number of anilines is 1. The summed E-state index contributed by atoms with van der Waals surface area (Å²) < 4.78 is 21.5. The second-order valence-electron chi connectivity index (χ2n) is 6.82. The van der Waals surface area contributed by atoms with Crippen LogP contribution in [-0.2, 0) is 16.1 Å². The van der Waals surface area contributed by atoms with Crippen LogP contribution in [0.3, 0.4) is 0 Å². The third kappa shape index (κ3) is 4.62. The number of morpholine rings is 1. The van der Waals surface area contributed by atoms with Crippen LogP contribution in [0.1, 0.15) is 5.69 Å². The van der Waals surface area contributed by atoms with Gasteiger partial charge < -0.3 is 25.2 Å². The van der Waals surface area contributed by atoms with Gasteiger partial charge in [-0.3, -0.25) is 4.79 Å². The molecular weight excluding hydrogens is 397 g/mol. The third-order valence-electron chi connectivity index (χ3n) is 4.83. The van der Waals surface area contributed by atoms with Crippen LogP contribution >= 0.6 is 12.2 Å². The number of thiocarbonyl (C=S) groups is 1. The first-order valence-electron chi connectivity index (χ1n) is 9.43. The van der Waals surface area contributed by atoms with Crippen molar-refractivity contribution in [1.29, 1.82) is 0 Å². The Morgan fingerprint density at radius 3 is 2.90 bits per heavy atom. The van der Waals surface area contributed by atoms with E-state index in [2.05, 4.69) is 25.8 Å². The maximum Gasteiger partial charge on any atom is 0.239 e. The summed E-state index contributed by atoms with van der Waals surface area (Å²) in [4.78, 5) is 15.3. The van der Waals surface area contributed by atoms with Gasteiger partial charge in [0.25, 0.3) is 0 Å². The van der Waals surface area contributed by atoms with E-state index in [1.165, 1.54) is 10.7 Å². The average Bonchev–Trinajstić information content (AvgIpc) is 3.21. The van der Waals surface area contributed by atoms with Crippen molar-refractivity contribution in [3.05, 3.63) is 35.9 Å². The lowest BCUT2D eigenvalue weighted by atomic mass is 10.2. The number of nitrogens with one attached hydrogen (secondary N) is 2. The minimum absolute atomic E-state index is 0.108. The van der Waals surface area contributed by atoms with Crippen molar-refractivity contribution >= 4 is 28.9 Å². The maximum absolute atomic E-state index is 14.6. The normalized spacial score (nSPS) is 17.2. The van der Waals surface area contributed by atoms with Crippen molar-refractivity contribution in [3.63, 3.8) is 0 Å². The van der Waals surface area contributed by atoms with Crippen LogP contribution in [0, 0.1) is 5.82 Å². The van der Waals surface area contributed by atoms with Crippen molar-refractivity contribution in [2.75, 3.05) is 50.8 Å². The van der Waals surface area contributed by atoms with Crippen molar-refractivity contribution in [1.82, 2.24) is 30.5 Å². The van der Waals surface area contributed by atoms with E-state index in [4.69, 9.17) is 17.0 Å². The molecule has 4 rings (SSSR count). The Balaban J connectivity index is 1.39. The van der Waals surface area contributed by atoms with Crippen molar-refractivity contribution in [2.45, 2.75) is 6.54 Å². The molecule has 0 bridgehead atoms. The van der Waals surface area contributed by atoms with Gasteiger partial charge in [0.2, 0.25) is 5.91 Å². The molecule has 1 amide bonds. The van der Waals surface area contributed by atoms with Gasteiger partial charge in [-0.25, -0.2) is 9.07 Å². The fourth-order valence-corrected chi connectivity index (χ4v) is 3.54. The zero-order valence-electron chi connectivity index (χ0n) is 15.8. The summed E-state index contributed by atoms with van der Waals surface area (Å²) in [6.07, 6.45) is 1.73. The number of nitrogens with zero attached hydrogens (tertiary/aromatic N) is 5. The lowest BCUT2D eigenvalue weighted by molar-refractivity contribution is -0.120. The zero-order chi connectivity index (χ0) is 20.2. The topological polar surface area (TPSA) is 87.6 Å². The van der Waals surface area contributed by atoms with Gasteiger partial charge in [-0.15, -0.1) is 5.10 Å². The molecule has 0 unspecified atom stereocenters. The zero-order valence-corrected chi connectivity index (χ0v) is 16.6. The van der Waals surface area contributed by atoms with Gasteiger partial charge in [0, 0.05) is 32.2 Å². The first-order chi connectivity index (χ1) is 14.1. The van der Waals surface area contributed by atoms with Crippen LogP contribution in [0.2, 0.25) is 0 Å². The summed E-state index contributed by atoms with van der Waals surface area (Å²) in [6.45, 7) is 4.53. The molecule has 29 heavy (non-hydrogen) atoms. The number of hydrogen-bond donors (Lipinski definition) is 2. The van der Waals surface area contributed by atoms with Crippen LogP contribution in [0.15, 0.2) is 24.4 Å². The maximum atomic E-state index is 14.6. The predicted octanol–water partition coefficient (Wildman–Crippen LogP) is 0.0493. The summed E-state index contributed by atoms with van der Waals surface area (Å²) in [6, 6.07) is 4.82. The Bertz CT molecular complexity index is 900. The van der Waals surface area contributed by atoms with Crippen molar-refractivity contribution < 1.29 is 13.9 Å². The van der Waals surface area contributed by atoms with Gasteiger partial charge in [-0.05, 0) is 24.4 Å². The van der Waals surface area contributed by atoms with Crippen molar-refractivity contribution in [2.24, 2.45) is 0 Å². The summed E-state index contributed by atoms with van der Waals surface area (Å²) in [5.74, 6) is -0.510. The SMILES string of the molecule is O=C1CN(c2ccc(-n3cc(CNC(=S)N4CCOCC4)nn3)cc2F)CCN1. The summed E-state index contributed by atoms with van der Waals surface area (Å²) in [7, 11) is 0. The minimum Gasteiger partial charge on any atom is -0.378 e. The smallest absolute Gasteiger partial charge is 0.239 e. The largest absolute Gasteiger partial charge is 0.378 e. The molecule has 0 radical (unpaired) electrons. The molecule has 2 fully saturated rings. The van der Waals surface area contributed by atoms with Gasteiger partial charge in [-0.2, -0.15) is 0 Å². The summed E-state index contributed by atoms with van der Waals surface area (Å²) in [5, 5.41) is 14.8.